The van der Waals surface area contributed by atoms with E-state index in [9.17, 15) is 5.11 Å². The molecule has 0 saturated carbocycles. The Hall–Kier alpha value is -1.33. The molecule has 2 atom stereocenters. The summed E-state index contributed by atoms with van der Waals surface area (Å²) < 4.78 is 11.3. The van der Waals surface area contributed by atoms with Crippen LogP contribution in [0.15, 0.2) is 36.4 Å². The number of morpholine rings is 1. The van der Waals surface area contributed by atoms with Crippen molar-refractivity contribution in [2.24, 2.45) is 0 Å². The molecule has 1 heterocycles. The molecular weight excluding hydrogens is 314 g/mol. The number of rotatable bonds is 4. The van der Waals surface area contributed by atoms with Gasteiger partial charge in [0.15, 0.2) is 0 Å². The molecular formula is C18H24ClNO3. The van der Waals surface area contributed by atoms with Crippen LogP contribution < -0.4 is 4.74 Å². The normalized spacial score (nSPS) is 21.9. The monoisotopic (exact) mass is 337 g/mol. The number of aliphatic hydroxyl groups is 1. The predicted molar refractivity (Wildman–Crippen MR) is 94.6 cm³/mol. The van der Waals surface area contributed by atoms with Crippen LogP contribution in [0.2, 0.25) is 0 Å². The van der Waals surface area contributed by atoms with Gasteiger partial charge in [0, 0.05) is 19.1 Å². The summed E-state index contributed by atoms with van der Waals surface area (Å²) in [6.07, 6.45) is 0.0480. The number of halogens is 1. The third-order valence-corrected chi connectivity index (χ3v) is 4.48. The number of hydrogen-bond acceptors (Lipinski definition) is 4. The van der Waals surface area contributed by atoms with E-state index in [2.05, 4.69) is 36.1 Å². The smallest absolute Gasteiger partial charge is 0.119 e. The van der Waals surface area contributed by atoms with E-state index in [1.807, 2.05) is 12.1 Å². The lowest BCUT2D eigenvalue weighted by atomic mass is 9.97. The standard InChI is InChI=1S/C18H23NO3.ClH/c1-13-18(22-10-8-19(13)7-9-20)16-4-3-15-12-17(21-2)6-5-14(15)11-16;/h3-6,11-13,18,20H,7-10H2,1-2H3;1H. The summed E-state index contributed by atoms with van der Waals surface area (Å²) >= 11 is 0. The maximum absolute atomic E-state index is 9.19. The summed E-state index contributed by atoms with van der Waals surface area (Å²) in [5, 5.41) is 11.5. The highest BCUT2D eigenvalue weighted by Crippen LogP contribution is 2.31. The molecule has 1 aliphatic rings. The number of hydrogen-bond donors (Lipinski definition) is 1. The highest BCUT2D eigenvalue weighted by atomic mass is 35.5. The van der Waals surface area contributed by atoms with E-state index >= 15 is 0 Å². The van der Waals surface area contributed by atoms with Crippen LogP contribution in [-0.4, -0.2) is 49.5 Å². The average Bonchev–Trinajstić information content (AvgIpc) is 2.56. The van der Waals surface area contributed by atoms with Gasteiger partial charge in [0.05, 0.1) is 26.4 Å². The van der Waals surface area contributed by atoms with Crippen LogP contribution in [0.4, 0.5) is 0 Å². The Balaban J connectivity index is 0.00000192. The second-order valence-corrected chi connectivity index (χ2v) is 5.76. The molecule has 2 aromatic rings. The SMILES string of the molecule is COc1ccc2cc(C3OCCN(CCO)C3C)ccc2c1.Cl. The van der Waals surface area contributed by atoms with Crippen LogP contribution in [0, 0.1) is 0 Å². The van der Waals surface area contributed by atoms with Crippen molar-refractivity contribution in [3.63, 3.8) is 0 Å². The van der Waals surface area contributed by atoms with Crippen molar-refractivity contribution < 1.29 is 14.6 Å². The third kappa shape index (κ3) is 3.78. The van der Waals surface area contributed by atoms with Crippen molar-refractivity contribution in [3.05, 3.63) is 42.0 Å². The van der Waals surface area contributed by atoms with Gasteiger partial charge in [-0.05, 0) is 41.5 Å². The van der Waals surface area contributed by atoms with Crippen molar-refractivity contribution in [1.29, 1.82) is 0 Å². The Morgan fingerprint density at radius 3 is 2.70 bits per heavy atom. The molecule has 4 nitrogen and oxygen atoms in total. The van der Waals surface area contributed by atoms with E-state index in [1.165, 1.54) is 16.3 Å². The summed E-state index contributed by atoms with van der Waals surface area (Å²) in [5.74, 6) is 0.872. The molecule has 1 aliphatic heterocycles. The second kappa shape index (κ2) is 7.97. The fourth-order valence-electron chi connectivity index (χ4n) is 3.20. The molecule has 1 fully saturated rings. The number of benzene rings is 2. The molecule has 0 bridgehead atoms. The van der Waals surface area contributed by atoms with Crippen molar-refractivity contribution in [2.45, 2.75) is 19.1 Å². The van der Waals surface area contributed by atoms with Crippen molar-refractivity contribution in [3.8, 4) is 5.75 Å². The maximum atomic E-state index is 9.19. The number of aliphatic hydroxyl groups excluding tert-OH is 1. The molecule has 3 rings (SSSR count). The topological polar surface area (TPSA) is 41.9 Å². The largest absolute Gasteiger partial charge is 0.497 e. The molecule has 1 N–H and O–H groups in total. The Labute approximate surface area is 143 Å². The first-order valence-corrected chi connectivity index (χ1v) is 7.77. The van der Waals surface area contributed by atoms with Gasteiger partial charge in [-0.1, -0.05) is 18.2 Å². The molecule has 23 heavy (non-hydrogen) atoms. The number of β-amino-alcohol motifs (C(OH)–C–C–N with tert-alkyl or cyclic N) is 1. The van der Waals surface area contributed by atoms with Crippen LogP contribution in [0.3, 0.4) is 0 Å². The average molecular weight is 338 g/mol. The van der Waals surface area contributed by atoms with Crippen LogP contribution >= 0.6 is 12.4 Å². The van der Waals surface area contributed by atoms with E-state index in [0.29, 0.717) is 13.2 Å². The Morgan fingerprint density at radius 1 is 1.22 bits per heavy atom. The molecule has 0 aromatic heterocycles. The van der Waals surface area contributed by atoms with E-state index < -0.39 is 0 Å². The Kier molecular flexibility index (Phi) is 6.25. The third-order valence-electron chi connectivity index (χ3n) is 4.48. The number of methoxy groups -OCH3 is 1. The minimum atomic E-state index is 0. The van der Waals surface area contributed by atoms with Gasteiger partial charge in [-0.3, -0.25) is 4.90 Å². The van der Waals surface area contributed by atoms with E-state index in [-0.39, 0.29) is 31.2 Å². The zero-order valence-electron chi connectivity index (χ0n) is 13.6. The highest BCUT2D eigenvalue weighted by molar-refractivity contribution is 5.85. The van der Waals surface area contributed by atoms with Gasteiger partial charge < -0.3 is 14.6 Å². The van der Waals surface area contributed by atoms with Gasteiger partial charge >= 0.3 is 0 Å². The lowest BCUT2D eigenvalue weighted by molar-refractivity contribution is -0.0703. The summed E-state index contributed by atoms with van der Waals surface area (Å²) in [6, 6.07) is 12.8. The minimum Gasteiger partial charge on any atom is -0.497 e. The fraction of sp³-hybridized carbons (Fsp3) is 0.444. The summed E-state index contributed by atoms with van der Waals surface area (Å²) in [4.78, 5) is 2.28. The second-order valence-electron chi connectivity index (χ2n) is 5.76. The first-order valence-electron chi connectivity index (χ1n) is 7.77. The molecule has 0 amide bonds. The first-order chi connectivity index (χ1) is 10.7. The zero-order chi connectivity index (χ0) is 15.5. The molecule has 2 unspecified atom stereocenters. The van der Waals surface area contributed by atoms with Gasteiger partial charge in [0.25, 0.3) is 0 Å². The van der Waals surface area contributed by atoms with Crippen LogP contribution in [-0.2, 0) is 4.74 Å². The van der Waals surface area contributed by atoms with Crippen molar-refractivity contribution in [2.75, 3.05) is 33.4 Å². The molecule has 5 heteroatoms. The quantitative estimate of drug-likeness (QED) is 0.931. The van der Waals surface area contributed by atoms with Gasteiger partial charge in [-0.25, -0.2) is 0 Å². The van der Waals surface area contributed by atoms with Gasteiger partial charge in [-0.2, -0.15) is 0 Å². The Morgan fingerprint density at radius 2 is 1.96 bits per heavy atom. The Bertz CT molecular complexity index is 647. The summed E-state index contributed by atoms with van der Waals surface area (Å²) in [6.45, 7) is 4.64. The lowest BCUT2D eigenvalue weighted by Gasteiger charge is -2.39. The molecule has 2 aromatic carbocycles. The van der Waals surface area contributed by atoms with E-state index in [1.54, 1.807) is 7.11 Å². The van der Waals surface area contributed by atoms with Crippen LogP contribution in [0.25, 0.3) is 10.8 Å². The van der Waals surface area contributed by atoms with E-state index in [4.69, 9.17) is 9.47 Å². The first kappa shape index (κ1) is 18.0. The van der Waals surface area contributed by atoms with Gasteiger partial charge in [-0.15, -0.1) is 12.4 Å². The summed E-state index contributed by atoms with van der Waals surface area (Å²) in [5.41, 5.74) is 1.19. The molecule has 0 spiro atoms. The fourth-order valence-corrected chi connectivity index (χ4v) is 3.20. The van der Waals surface area contributed by atoms with Crippen LogP contribution in [0.5, 0.6) is 5.75 Å². The lowest BCUT2D eigenvalue weighted by Crippen LogP contribution is -2.46. The number of nitrogens with zero attached hydrogens (tertiary/aromatic N) is 1. The molecule has 0 aliphatic carbocycles. The van der Waals surface area contributed by atoms with E-state index in [0.717, 1.165) is 12.3 Å². The van der Waals surface area contributed by atoms with Gasteiger partial charge in [0.1, 0.15) is 5.75 Å². The molecule has 1 saturated heterocycles. The highest BCUT2D eigenvalue weighted by Gasteiger charge is 2.29. The zero-order valence-corrected chi connectivity index (χ0v) is 14.4. The molecule has 0 radical (unpaired) electrons. The van der Waals surface area contributed by atoms with Crippen molar-refractivity contribution >= 4 is 23.2 Å². The summed E-state index contributed by atoms with van der Waals surface area (Å²) in [7, 11) is 1.68. The minimum absolute atomic E-state index is 0. The maximum Gasteiger partial charge on any atom is 0.119 e. The molecule has 126 valence electrons. The number of fused-ring (bicyclic) bond motifs is 1. The van der Waals surface area contributed by atoms with Crippen molar-refractivity contribution in [1.82, 2.24) is 4.90 Å². The predicted octanol–water partition coefficient (Wildman–Crippen LogP) is 3.02. The number of ether oxygens (including phenoxy) is 2. The van der Waals surface area contributed by atoms with Gasteiger partial charge in [0.2, 0.25) is 0 Å². The van der Waals surface area contributed by atoms with Crippen LogP contribution in [0.1, 0.15) is 18.6 Å².